The van der Waals surface area contributed by atoms with Crippen LogP contribution in [0.3, 0.4) is 0 Å². The van der Waals surface area contributed by atoms with Gasteiger partial charge in [-0.3, -0.25) is 13.7 Å². The van der Waals surface area contributed by atoms with Crippen molar-refractivity contribution in [2.45, 2.75) is 31.7 Å². The highest BCUT2D eigenvalue weighted by Crippen LogP contribution is 2.27. The lowest BCUT2D eigenvalue weighted by Gasteiger charge is -2.27. The van der Waals surface area contributed by atoms with Crippen LogP contribution in [0, 0.1) is 0 Å². The van der Waals surface area contributed by atoms with Gasteiger partial charge in [0.15, 0.2) is 0 Å². The topological polar surface area (TPSA) is 116 Å². The van der Waals surface area contributed by atoms with E-state index in [0.717, 1.165) is 19.9 Å². The molecule has 8 nitrogen and oxygen atoms in total. The van der Waals surface area contributed by atoms with Crippen molar-refractivity contribution < 1.29 is 28.2 Å². The van der Waals surface area contributed by atoms with Crippen molar-refractivity contribution in [3.05, 3.63) is 82.3 Å². The summed E-state index contributed by atoms with van der Waals surface area (Å²) in [7, 11) is 0. The predicted octanol–water partition coefficient (Wildman–Crippen LogP) is 5.92. The molecule has 0 radical (unpaired) electrons. The van der Waals surface area contributed by atoms with Crippen LogP contribution in [0.5, 0.6) is 5.75 Å². The lowest BCUT2D eigenvalue weighted by atomic mass is 10.0. The number of hydrogen-bond donors (Lipinski definition) is 3. The quantitative estimate of drug-likeness (QED) is 0.152. The van der Waals surface area contributed by atoms with E-state index in [1.165, 1.54) is 0 Å². The molecule has 3 aromatic rings. The number of anilines is 1. The highest BCUT2D eigenvalue weighted by atomic mass is 79.9. The summed E-state index contributed by atoms with van der Waals surface area (Å²) in [4.78, 5) is 24.0. The summed E-state index contributed by atoms with van der Waals surface area (Å²) in [6.07, 6.45) is 1.25. The molecule has 0 aliphatic heterocycles. The van der Waals surface area contributed by atoms with Crippen molar-refractivity contribution in [1.82, 2.24) is 5.32 Å². The van der Waals surface area contributed by atoms with Gasteiger partial charge in [-0.25, -0.2) is 9.00 Å². The minimum Gasteiger partial charge on any atom is -0.493 e. The molecular formula is C27H28BrClN2O6S. The summed E-state index contributed by atoms with van der Waals surface area (Å²) in [6, 6.07) is 20.2. The van der Waals surface area contributed by atoms with Crippen LogP contribution >= 0.6 is 27.5 Å². The van der Waals surface area contributed by atoms with Crippen molar-refractivity contribution in [3.8, 4) is 16.9 Å². The average Bonchev–Trinajstić information content (AvgIpc) is 2.89. The van der Waals surface area contributed by atoms with E-state index in [4.69, 9.17) is 16.3 Å². The zero-order chi connectivity index (χ0) is 27.5. The smallest absolute Gasteiger partial charge is 0.327 e. The van der Waals surface area contributed by atoms with Crippen molar-refractivity contribution >= 4 is 56.4 Å². The van der Waals surface area contributed by atoms with Crippen molar-refractivity contribution in [2.75, 3.05) is 17.5 Å². The molecule has 0 aliphatic carbocycles. The summed E-state index contributed by atoms with van der Waals surface area (Å²) in [5.74, 6) is -0.763. The monoisotopic (exact) mass is 622 g/mol. The normalized spacial score (nSPS) is 12.4. The number of ether oxygens (including phenoxy) is 1. The first-order chi connectivity index (χ1) is 18.2. The van der Waals surface area contributed by atoms with Crippen LogP contribution in [-0.4, -0.2) is 44.9 Å². The Bertz CT molecular complexity index is 1230. The number of carbonyl (C=O) groups is 2. The molecule has 0 spiro atoms. The maximum atomic E-state index is 12.1. The van der Waals surface area contributed by atoms with Crippen LogP contribution in [0.25, 0.3) is 11.1 Å². The Morgan fingerprint density at radius 1 is 0.974 bits per heavy atom. The molecule has 0 heterocycles. The molecule has 0 saturated carbocycles. The molecule has 0 fully saturated rings. The van der Waals surface area contributed by atoms with Gasteiger partial charge in [0.25, 0.3) is 11.3 Å². The lowest BCUT2D eigenvalue weighted by Crippen LogP contribution is -2.42. The first-order valence-electron chi connectivity index (χ1n) is 11.9. The maximum absolute atomic E-state index is 12.1. The van der Waals surface area contributed by atoms with E-state index in [2.05, 4.69) is 21.2 Å². The van der Waals surface area contributed by atoms with E-state index < -0.39 is 23.3 Å². The number of nitrogens with one attached hydrogen (secondary N) is 1. The van der Waals surface area contributed by atoms with Gasteiger partial charge in [-0.2, -0.15) is 0 Å². The van der Waals surface area contributed by atoms with E-state index in [-0.39, 0.29) is 25.4 Å². The molecule has 11 heteroatoms. The van der Waals surface area contributed by atoms with Gasteiger partial charge in [-0.05, 0) is 78.9 Å². The Kier molecular flexibility index (Phi) is 11.6. The van der Waals surface area contributed by atoms with E-state index in [0.29, 0.717) is 35.8 Å². The Morgan fingerprint density at radius 2 is 1.58 bits per heavy atom. The van der Waals surface area contributed by atoms with Gasteiger partial charge >= 0.3 is 5.97 Å². The number of rotatable bonds is 14. The first-order valence-corrected chi connectivity index (χ1v) is 14.1. The fourth-order valence-corrected chi connectivity index (χ4v) is 4.84. The summed E-state index contributed by atoms with van der Waals surface area (Å²) in [6.45, 7) is 0.572. The SMILES string of the molecule is O=C(CCOc1ccc(Cl)cc1)NCCCCC(C(=O)O)N(c1ccc(-c2ccc(Br)cc2)cc1)S(=O)O. The van der Waals surface area contributed by atoms with E-state index in [1.54, 1.807) is 48.5 Å². The van der Waals surface area contributed by atoms with Gasteiger partial charge in [0.2, 0.25) is 5.91 Å². The van der Waals surface area contributed by atoms with Gasteiger partial charge in [0.05, 0.1) is 18.7 Å². The average molecular weight is 624 g/mol. The van der Waals surface area contributed by atoms with Crippen LogP contribution in [-0.2, 0) is 20.9 Å². The number of amides is 1. The van der Waals surface area contributed by atoms with Crippen molar-refractivity contribution in [1.29, 1.82) is 0 Å². The second-order valence-electron chi connectivity index (χ2n) is 8.36. The van der Waals surface area contributed by atoms with Gasteiger partial charge in [-0.15, -0.1) is 0 Å². The second kappa shape index (κ2) is 14.9. The number of halogens is 2. The Balaban J connectivity index is 1.47. The summed E-state index contributed by atoms with van der Waals surface area (Å²) in [5.41, 5.74) is 2.18. The molecule has 2 unspecified atom stereocenters. The fraction of sp³-hybridized carbons (Fsp3) is 0.259. The Morgan fingerprint density at radius 3 is 2.16 bits per heavy atom. The minimum absolute atomic E-state index is 0.131. The molecule has 3 aromatic carbocycles. The van der Waals surface area contributed by atoms with Gasteiger partial charge < -0.3 is 15.2 Å². The van der Waals surface area contributed by atoms with Gasteiger partial charge in [-0.1, -0.05) is 51.8 Å². The van der Waals surface area contributed by atoms with Crippen molar-refractivity contribution in [3.63, 3.8) is 0 Å². The number of aliphatic carboxylic acids is 1. The molecule has 0 aliphatic rings. The third-order valence-electron chi connectivity index (χ3n) is 5.67. The van der Waals surface area contributed by atoms with Gasteiger partial charge in [0, 0.05) is 16.0 Å². The molecule has 0 aromatic heterocycles. The third kappa shape index (κ3) is 9.13. The summed E-state index contributed by atoms with van der Waals surface area (Å²) in [5, 5.41) is 13.2. The molecule has 0 bridgehead atoms. The molecule has 0 saturated heterocycles. The second-order valence-corrected chi connectivity index (χ2v) is 10.6. The number of unbranched alkanes of at least 4 members (excludes halogenated alkanes) is 1. The lowest BCUT2D eigenvalue weighted by molar-refractivity contribution is -0.138. The number of hydrogen-bond acceptors (Lipinski definition) is 4. The zero-order valence-electron chi connectivity index (χ0n) is 20.4. The number of carbonyl (C=O) groups excluding carboxylic acids is 1. The Labute approximate surface area is 237 Å². The molecule has 3 rings (SSSR count). The summed E-state index contributed by atoms with van der Waals surface area (Å²) >= 11 is 6.69. The standard InChI is InChI=1S/C27H28BrClN2O6S/c28-21-8-4-19(5-9-21)20-6-12-23(13-7-20)31(38(35)36)25(27(33)34)3-1-2-17-30-26(32)16-18-37-24-14-10-22(29)11-15-24/h4-15,25H,1-3,16-18H2,(H,30,32)(H,33,34)(H,35,36). The van der Waals surface area contributed by atoms with Crippen molar-refractivity contribution in [2.24, 2.45) is 0 Å². The molecule has 3 N–H and O–H groups in total. The first kappa shape index (κ1) is 29.6. The largest absolute Gasteiger partial charge is 0.493 e. The highest BCUT2D eigenvalue weighted by molar-refractivity contribution is 9.10. The van der Waals surface area contributed by atoms with Gasteiger partial charge in [0.1, 0.15) is 11.8 Å². The highest BCUT2D eigenvalue weighted by Gasteiger charge is 2.29. The molecular weight excluding hydrogens is 596 g/mol. The number of carboxylic acids is 1. The van der Waals surface area contributed by atoms with Crippen LogP contribution in [0.15, 0.2) is 77.3 Å². The Hall–Kier alpha value is -2.92. The number of nitrogens with zero attached hydrogens (tertiary/aromatic N) is 1. The number of carboxylic acid groups (broad SMARTS) is 1. The van der Waals surface area contributed by atoms with Crippen LogP contribution < -0.4 is 14.4 Å². The third-order valence-corrected chi connectivity index (χ3v) is 7.26. The molecule has 2 atom stereocenters. The maximum Gasteiger partial charge on any atom is 0.327 e. The van der Waals surface area contributed by atoms with Crippen LogP contribution in [0.4, 0.5) is 5.69 Å². The fourth-order valence-electron chi connectivity index (χ4n) is 3.73. The molecule has 1 amide bonds. The molecule has 38 heavy (non-hydrogen) atoms. The summed E-state index contributed by atoms with van der Waals surface area (Å²) < 4.78 is 29.5. The van der Waals surface area contributed by atoms with Crippen LogP contribution in [0.1, 0.15) is 25.7 Å². The predicted molar refractivity (Wildman–Crippen MR) is 153 cm³/mol. The zero-order valence-corrected chi connectivity index (χ0v) is 23.5. The minimum atomic E-state index is -2.54. The van der Waals surface area contributed by atoms with E-state index in [9.17, 15) is 23.5 Å². The number of benzene rings is 3. The molecule has 202 valence electrons. The van der Waals surface area contributed by atoms with Crippen LogP contribution in [0.2, 0.25) is 5.02 Å². The van der Waals surface area contributed by atoms with E-state index in [1.807, 2.05) is 24.3 Å². The van der Waals surface area contributed by atoms with E-state index >= 15 is 0 Å².